The molecule has 18 heavy (non-hydrogen) atoms. The predicted octanol–water partition coefficient (Wildman–Crippen LogP) is 2.14. The van der Waals surface area contributed by atoms with Crippen molar-refractivity contribution in [1.29, 1.82) is 0 Å². The molecule has 0 radical (unpaired) electrons. The lowest BCUT2D eigenvalue weighted by Crippen LogP contribution is -2.41. The van der Waals surface area contributed by atoms with E-state index in [0.717, 1.165) is 0 Å². The van der Waals surface area contributed by atoms with Gasteiger partial charge in [-0.15, -0.1) is 0 Å². The van der Waals surface area contributed by atoms with E-state index in [-0.39, 0.29) is 21.5 Å². The number of aliphatic hydroxyl groups is 1. The Bertz CT molecular complexity index is 549. The van der Waals surface area contributed by atoms with Crippen LogP contribution in [0.3, 0.4) is 0 Å². The smallest absolute Gasteiger partial charge is 0.243 e. The van der Waals surface area contributed by atoms with Gasteiger partial charge in [-0.2, -0.15) is 4.31 Å². The molecule has 1 aliphatic rings. The molecule has 0 amide bonds. The Labute approximate surface area is 116 Å². The lowest BCUT2D eigenvalue weighted by atomic mass is 10.3. The average Bonchev–Trinajstić information content (AvgIpc) is 3.07. The molecular weight excluding hydrogens is 297 g/mol. The van der Waals surface area contributed by atoms with E-state index >= 15 is 0 Å². The topological polar surface area (TPSA) is 57.6 Å². The highest BCUT2D eigenvalue weighted by Crippen LogP contribution is 2.43. The van der Waals surface area contributed by atoms with E-state index in [1.165, 1.54) is 29.6 Å². The van der Waals surface area contributed by atoms with E-state index in [0.29, 0.717) is 12.8 Å². The molecule has 0 aromatic heterocycles. The SMILES string of the molecule is CN(C1(CO)CC1)S(=O)(=O)c1cc(Cl)cc(Cl)c1. The first-order valence-electron chi connectivity index (χ1n) is 5.38. The first-order valence-corrected chi connectivity index (χ1v) is 7.57. The Morgan fingerprint density at radius 3 is 2.17 bits per heavy atom. The molecule has 0 bridgehead atoms. The fourth-order valence-corrected chi connectivity index (χ4v) is 4.08. The van der Waals surface area contributed by atoms with Gasteiger partial charge in [0.2, 0.25) is 10.0 Å². The molecule has 1 saturated carbocycles. The standard InChI is InChI=1S/C11H13Cl2NO3S/c1-14(11(7-15)2-3-11)18(16,17)10-5-8(12)4-9(13)6-10/h4-6,15H,2-3,7H2,1H3. The van der Waals surface area contributed by atoms with Gasteiger partial charge in [-0.1, -0.05) is 23.2 Å². The van der Waals surface area contributed by atoms with Crippen LogP contribution in [-0.4, -0.2) is 37.0 Å². The van der Waals surface area contributed by atoms with Crippen molar-refractivity contribution in [3.05, 3.63) is 28.2 Å². The van der Waals surface area contributed by atoms with Crippen LogP contribution in [0.2, 0.25) is 10.0 Å². The van der Waals surface area contributed by atoms with Gasteiger partial charge in [0.25, 0.3) is 0 Å². The number of hydrogen-bond acceptors (Lipinski definition) is 3. The maximum atomic E-state index is 12.4. The van der Waals surface area contributed by atoms with Crippen molar-refractivity contribution >= 4 is 33.2 Å². The van der Waals surface area contributed by atoms with Crippen LogP contribution in [0.4, 0.5) is 0 Å². The second-order valence-corrected chi connectivity index (χ2v) is 7.30. The maximum absolute atomic E-state index is 12.4. The maximum Gasteiger partial charge on any atom is 0.243 e. The van der Waals surface area contributed by atoms with Crippen molar-refractivity contribution in [2.45, 2.75) is 23.3 Å². The fraction of sp³-hybridized carbons (Fsp3) is 0.455. The molecule has 1 N–H and O–H groups in total. The van der Waals surface area contributed by atoms with Crippen LogP contribution < -0.4 is 0 Å². The summed E-state index contributed by atoms with van der Waals surface area (Å²) in [6.45, 7) is -0.184. The summed E-state index contributed by atoms with van der Waals surface area (Å²) in [5.74, 6) is 0. The second kappa shape index (κ2) is 4.65. The number of nitrogens with zero attached hydrogens (tertiary/aromatic N) is 1. The first kappa shape index (κ1) is 14.1. The predicted molar refractivity (Wildman–Crippen MR) is 70.5 cm³/mol. The zero-order chi connectivity index (χ0) is 13.6. The Kier molecular flexibility index (Phi) is 3.64. The summed E-state index contributed by atoms with van der Waals surface area (Å²) in [5.41, 5.74) is -0.659. The number of likely N-dealkylation sites (N-methyl/N-ethyl adjacent to an activating group) is 1. The monoisotopic (exact) mass is 309 g/mol. The van der Waals surface area contributed by atoms with Crippen LogP contribution in [0, 0.1) is 0 Å². The third kappa shape index (κ3) is 2.38. The second-order valence-electron chi connectivity index (χ2n) is 4.46. The van der Waals surface area contributed by atoms with Gasteiger partial charge in [-0.3, -0.25) is 0 Å². The summed E-state index contributed by atoms with van der Waals surface area (Å²) in [5, 5.41) is 9.82. The Morgan fingerprint density at radius 1 is 1.28 bits per heavy atom. The molecule has 0 spiro atoms. The number of hydrogen-bond donors (Lipinski definition) is 1. The average molecular weight is 310 g/mol. The van der Waals surface area contributed by atoms with Crippen molar-refractivity contribution in [3.63, 3.8) is 0 Å². The molecule has 1 aromatic carbocycles. The third-order valence-electron chi connectivity index (χ3n) is 3.28. The van der Waals surface area contributed by atoms with E-state index < -0.39 is 15.6 Å². The van der Waals surface area contributed by atoms with Crippen LogP contribution >= 0.6 is 23.2 Å². The molecule has 100 valence electrons. The van der Waals surface area contributed by atoms with Crippen molar-refractivity contribution in [2.75, 3.05) is 13.7 Å². The summed E-state index contributed by atoms with van der Waals surface area (Å²) in [6, 6.07) is 4.18. The van der Waals surface area contributed by atoms with E-state index in [9.17, 15) is 13.5 Å². The zero-order valence-electron chi connectivity index (χ0n) is 9.73. The summed E-state index contributed by atoms with van der Waals surface area (Å²) in [6.07, 6.45) is 1.32. The molecule has 1 aromatic rings. The van der Waals surface area contributed by atoms with Gasteiger partial charge in [0, 0.05) is 17.1 Å². The molecule has 0 heterocycles. The molecule has 4 nitrogen and oxygen atoms in total. The van der Waals surface area contributed by atoms with E-state index in [1.807, 2.05) is 0 Å². The molecule has 0 aliphatic heterocycles. The highest BCUT2D eigenvalue weighted by Gasteiger charge is 2.50. The number of aliphatic hydroxyl groups excluding tert-OH is 1. The molecule has 1 fully saturated rings. The Balaban J connectivity index is 2.42. The van der Waals surface area contributed by atoms with Gasteiger partial charge in [0.1, 0.15) is 0 Å². The van der Waals surface area contributed by atoms with Crippen LogP contribution in [0.25, 0.3) is 0 Å². The highest BCUT2D eigenvalue weighted by molar-refractivity contribution is 7.89. The summed E-state index contributed by atoms with van der Waals surface area (Å²) in [7, 11) is -2.22. The van der Waals surface area contributed by atoms with Gasteiger partial charge >= 0.3 is 0 Å². The van der Waals surface area contributed by atoms with Gasteiger partial charge in [-0.25, -0.2) is 8.42 Å². The highest BCUT2D eigenvalue weighted by atomic mass is 35.5. The number of rotatable bonds is 4. The number of halogens is 2. The lowest BCUT2D eigenvalue weighted by molar-refractivity contribution is 0.187. The van der Waals surface area contributed by atoms with Crippen molar-refractivity contribution < 1.29 is 13.5 Å². The molecule has 0 unspecified atom stereocenters. The largest absolute Gasteiger partial charge is 0.394 e. The van der Waals surface area contributed by atoms with Gasteiger partial charge in [0.05, 0.1) is 17.0 Å². The van der Waals surface area contributed by atoms with Crippen molar-refractivity contribution in [2.24, 2.45) is 0 Å². The van der Waals surface area contributed by atoms with Gasteiger partial charge < -0.3 is 5.11 Å². The molecule has 0 saturated heterocycles. The van der Waals surface area contributed by atoms with E-state index in [1.54, 1.807) is 0 Å². The molecule has 1 aliphatic carbocycles. The van der Waals surface area contributed by atoms with Crippen LogP contribution in [0.5, 0.6) is 0 Å². The van der Waals surface area contributed by atoms with Gasteiger partial charge in [0.15, 0.2) is 0 Å². The molecular formula is C11H13Cl2NO3S. The minimum atomic E-state index is -3.69. The van der Waals surface area contributed by atoms with Crippen LogP contribution in [-0.2, 0) is 10.0 Å². The zero-order valence-corrected chi connectivity index (χ0v) is 12.1. The summed E-state index contributed by atoms with van der Waals surface area (Å²) >= 11 is 11.6. The van der Waals surface area contributed by atoms with Crippen LogP contribution in [0.15, 0.2) is 23.1 Å². The third-order valence-corrected chi connectivity index (χ3v) is 5.66. The minimum absolute atomic E-state index is 0.0437. The quantitative estimate of drug-likeness (QED) is 0.927. The van der Waals surface area contributed by atoms with Gasteiger partial charge in [-0.05, 0) is 31.0 Å². The fourth-order valence-electron chi connectivity index (χ4n) is 1.81. The first-order chi connectivity index (χ1) is 8.32. The Hall–Kier alpha value is -0.330. The van der Waals surface area contributed by atoms with Crippen molar-refractivity contribution in [3.8, 4) is 0 Å². The molecule has 2 rings (SSSR count). The normalized spacial score (nSPS) is 18.1. The van der Waals surface area contributed by atoms with E-state index in [4.69, 9.17) is 23.2 Å². The molecule has 0 atom stereocenters. The van der Waals surface area contributed by atoms with Crippen LogP contribution in [0.1, 0.15) is 12.8 Å². The summed E-state index contributed by atoms with van der Waals surface area (Å²) in [4.78, 5) is 0.0437. The van der Waals surface area contributed by atoms with E-state index in [2.05, 4.69) is 0 Å². The number of sulfonamides is 1. The number of benzene rings is 1. The Morgan fingerprint density at radius 2 is 1.78 bits per heavy atom. The molecule has 7 heteroatoms. The summed E-state index contributed by atoms with van der Waals surface area (Å²) < 4.78 is 26.0. The lowest BCUT2D eigenvalue weighted by Gasteiger charge is -2.25. The van der Waals surface area contributed by atoms with Crippen molar-refractivity contribution in [1.82, 2.24) is 4.31 Å². The minimum Gasteiger partial charge on any atom is -0.394 e.